The lowest BCUT2D eigenvalue weighted by Crippen LogP contribution is -2.26. The van der Waals surface area contributed by atoms with E-state index in [-0.39, 0.29) is 24.4 Å². The number of carbonyl (C=O) groups is 1. The highest BCUT2D eigenvalue weighted by molar-refractivity contribution is 7.14. The molecule has 0 saturated carbocycles. The van der Waals surface area contributed by atoms with E-state index in [1.807, 2.05) is 0 Å². The number of nitrogens with zero attached hydrogens (tertiary/aromatic N) is 4. The first kappa shape index (κ1) is 19.5. The molecular weight excluding hydrogens is 433 g/mol. The molecule has 0 aliphatic rings. The van der Waals surface area contributed by atoms with Gasteiger partial charge in [-0.1, -0.05) is 40.5 Å². The number of aromatic nitrogens is 4. The maximum atomic E-state index is 12.4. The van der Waals surface area contributed by atoms with Crippen LogP contribution in [0.15, 0.2) is 52.6 Å². The van der Waals surface area contributed by atoms with E-state index >= 15 is 0 Å². The normalized spacial score (nSPS) is 11.0. The third-order valence-corrected chi connectivity index (χ3v) is 5.46. The standard InChI is InChI=1S/C19H13Cl2N5O2S/c20-11-5-6-14(21)13(9-11)16-10-29-19(22-16)23-17(27)7-8-26-18(28)12-3-1-2-4-15(12)24-25-26/h1-6,9-10H,7-8H2,(H,22,23,27). The summed E-state index contributed by atoms with van der Waals surface area (Å²) in [4.78, 5) is 29.1. The summed E-state index contributed by atoms with van der Waals surface area (Å²) < 4.78 is 1.18. The van der Waals surface area contributed by atoms with E-state index in [1.54, 1.807) is 47.8 Å². The van der Waals surface area contributed by atoms with Crippen molar-refractivity contribution in [1.29, 1.82) is 0 Å². The summed E-state index contributed by atoms with van der Waals surface area (Å²) >= 11 is 13.5. The number of carbonyl (C=O) groups excluding carboxylic acids is 1. The third-order valence-electron chi connectivity index (χ3n) is 4.13. The molecule has 10 heteroatoms. The van der Waals surface area contributed by atoms with Crippen LogP contribution in [0.3, 0.4) is 0 Å². The zero-order valence-corrected chi connectivity index (χ0v) is 17.1. The van der Waals surface area contributed by atoms with Crippen LogP contribution in [0.5, 0.6) is 0 Å². The van der Waals surface area contributed by atoms with Gasteiger partial charge >= 0.3 is 0 Å². The molecule has 0 aliphatic heterocycles. The fraction of sp³-hybridized carbons (Fsp3) is 0.105. The van der Waals surface area contributed by atoms with Crippen molar-refractivity contribution in [1.82, 2.24) is 20.0 Å². The molecule has 0 bridgehead atoms. The van der Waals surface area contributed by atoms with Gasteiger partial charge in [0.2, 0.25) is 5.91 Å². The fourth-order valence-electron chi connectivity index (χ4n) is 2.71. The Hall–Kier alpha value is -2.81. The number of aryl methyl sites for hydroxylation is 1. The average Bonchev–Trinajstić information content (AvgIpc) is 3.17. The molecule has 0 spiro atoms. The summed E-state index contributed by atoms with van der Waals surface area (Å²) in [5.74, 6) is -0.287. The first-order chi connectivity index (χ1) is 14.0. The molecular formula is C19H13Cl2N5O2S. The largest absolute Gasteiger partial charge is 0.302 e. The Morgan fingerprint density at radius 1 is 1.17 bits per heavy atom. The van der Waals surface area contributed by atoms with Gasteiger partial charge in [0.05, 0.1) is 22.6 Å². The predicted molar refractivity (Wildman–Crippen MR) is 115 cm³/mol. The van der Waals surface area contributed by atoms with Gasteiger partial charge in [0.1, 0.15) is 5.52 Å². The monoisotopic (exact) mass is 445 g/mol. The van der Waals surface area contributed by atoms with Crippen molar-refractivity contribution in [3.63, 3.8) is 0 Å². The van der Waals surface area contributed by atoms with Gasteiger partial charge in [-0.3, -0.25) is 9.59 Å². The third kappa shape index (κ3) is 4.29. The molecule has 7 nitrogen and oxygen atoms in total. The van der Waals surface area contributed by atoms with Crippen LogP contribution in [-0.4, -0.2) is 25.9 Å². The van der Waals surface area contributed by atoms with Crippen LogP contribution in [-0.2, 0) is 11.3 Å². The van der Waals surface area contributed by atoms with Crippen molar-refractivity contribution >= 4 is 56.5 Å². The van der Waals surface area contributed by atoms with E-state index in [4.69, 9.17) is 23.2 Å². The number of anilines is 1. The summed E-state index contributed by atoms with van der Waals surface area (Å²) in [5, 5.41) is 14.3. The molecule has 0 fully saturated rings. The number of rotatable bonds is 5. The van der Waals surface area contributed by atoms with Crippen LogP contribution in [0.2, 0.25) is 10.0 Å². The Bertz CT molecular complexity index is 1270. The second kappa shape index (κ2) is 8.28. The van der Waals surface area contributed by atoms with Gasteiger partial charge in [-0.25, -0.2) is 9.67 Å². The highest BCUT2D eigenvalue weighted by Crippen LogP contribution is 2.32. The van der Waals surface area contributed by atoms with Crippen LogP contribution in [0, 0.1) is 0 Å². The summed E-state index contributed by atoms with van der Waals surface area (Å²) in [6.07, 6.45) is 0.0553. The maximum absolute atomic E-state index is 12.4. The first-order valence-corrected chi connectivity index (χ1v) is 10.2. The van der Waals surface area contributed by atoms with Gasteiger partial charge in [0, 0.05) is 22.4 Å². The van der Waals surface area contributed by atoms with Gasteiger partial charge in [-0.05, 0) is 30.3 Å². The topological polar surface area (TPSA) is 89.8 Å². The Morgan fingerprint density at radius 2 is 2.00 bits per heavy atom. The van der Waals surface area contributed by atoms with E-state index in [0.29, 0.717) is 37.3 Å². The van der Waals surface area contributed by atoms with Crippen molar-refractivity contribution in [2.45, 2.75) is 13.0 Å². The van der Waals surface area contributed by atoms with Crippen LogP contribution >= 0.6 is 34.5 Å². The molecule has 29 heavy (non-hydrogen) atoms. The molecule has 2 heterocycles. The molecule has 146 valence electrons. The Labute approximate surface area is 178 Å². The summed E-state index contributed by atoms with van der Waals surface area (Å²) in [5.41, 5.74) is 1.55. The number of amides is 1. The Balaban J connectivity index is 1.43. The van der Waals surface area contributed by atoms with Crippen molar-refractivity contribution in [3.8, 4) is 11.3 Å². The zero-order chi connectivity index (χ0) is 20.4. The van der Waals surface area contributed by atoms with E-state index in [2.05, 4.69) is 20.6 Å². The minimum atomic E-state index is -0.287. The molecule has 1 N–H and O–H groups in total. The molecule has 0 aliphatic carbocycles. The SMILES string of the molecule is O=C(CCn1nnc2ccccc2c1=O)Nc1nc(-c2cc(Cl)ccc2Cl)cs1. The van der Waals surface area contributed by atoms with Crippen LogP contribution < -0.4 is 10.9 Å². The molecule has 4 rings (SSSR count). The minimum absolute atomic E-state index is 0.0553. The Morgan fingerprint density at radius 3 is 2.86 bits per heavy atom. The number of halogens is 2. The number of thiazole rings is 1. The fourth-order valence-corrected chi connectivity index (χ4v) is 3.82. The van der Waals surface area contributed by atoms with Gasteiger partial charge < -0.3 is 5.32 Å². The summed E-state index contributed by atoms with van der Waals surface area (Å²) in [6, 6.07) is 12.0. The van der Waals surface area contributed by atoms with Crippen molar-refractivity contribution in [3.05, 3.63) is 68.2 Å². The lowest BCUT2D eigenvalue weighted by Gasteiger charge is -2.05. The van der Waals surface area contributed by atoms with E-state index in [1.165, 1.54) is 16.0 Å². The lowest BCUT2D eigenvalue weighted by molar-refractivity contribution is -0.116. The van der Waals surface area contributed by atoms with E-state index < -0.39 is 0 Å². The van der Waals surface area contributed by atoms with Gasteiger partial charge in [0.25, 0.3) is 5.56 Å². The maximum Gasteiger partial charge on any atom is 0.277 e. The molecule has 2 aromatic heterocycles. The smallest absolute Gasteiger partial charge is 0.277 e. The molecule has 0 radical (unpaired) electrons. The number of benzene rings is 2. The molecule has 2 aromatic carbocycles. The first-order valence-electron chi connectivity index (χ1n) is 8.54. The van der Waals surface area contributed by atoms with E-state index in [9.17, 15) is 9.59 Å². The van der Waals surface area contributed by atoms with Crippen LogP contribution in [0.4, 0.5) is 5.13 Å². The zero-order valence-electron chi connectivity index (χ0n) is 14.8. The molecule has 0 unspecified atom stereocenters. The van der Waals surface area contributed by atoms with Gasteiger partial charge in [-0.2, -0.15) is 0 Å². The second-order valence-corrected chi connectivity index (χ2v) is 7.80. The minimum Gasteiger partial charge on any atom is -0.302 e. The van der Waals surface area contributed by atoms with Crippen molar-refractivity contribution in [2.24, 2.45) is 0 Å². The molecule has 0 atom stereocenters. The summed E-state index contributed by atoms with van der Waals surface area (Å²) in [6.45, 7) is 0.112. The molecule has 4 aromatic rings. The van der Waals surface area contributed by atoms with Crippen molar-refractivity contribution in [2.75, 3.05) is 5.32 Å². The number of hydrogen-bond acceptors (Lipinski definition) is 6. The molecule has 1 amide bonds. The quantitative estimate of drug-likeness (QED) is 0.495. The average molecular weight is 446 g/mol. The Kier molecular flexibility index (Phi) is 5.57. The predicted octanol–water partition coefficient (Wildman–Crippen LogP) is 4.25. The highest BCUT2D eigenvalue weighted by Gasteiger charge is 2.12. The second-order valence-electron chi connectivity index (χ2n) is 6.10. The van der Waals surface area contributed by atoms with Crippen molar-refractivity contribution < 1.29 is 4.79 Å². The van der Waals surface area contributed by atoms with E-state index in [0.717, 1.165) is 0 Å². The lowest BCUT2D eigenvalue weighted by atomic mass is 10.2. The van der Waals surface area contributed by atoms with Gasteiger partial charge in [0.15, 0.2) is 5.13 Å². The van der Waals surface area contributed by atoms with Crippen LogP contribution in [0.1, 0.15) is 6.42 Å². The van der Waals surface area contributed by atoms with Gasteiger partial charge in [-0.15, -0.1) is 16.4 Å². The highest BCUT2D eigenvalue weighted by atomic mass is 35.5. The number of hydrogen-bond donors (Lipinski definition) is 1. The molecule has 0 saturated heterocycles. The number of nitrogens with one attached hydrogen (secondary N) is 1. The number of fused-ring (bicyclic) bond motifs is 1. The summed E-state index contributed by atoms with van der Waals surface area (Å²) in [7, 11) is 0. The van der Waals surface area contributed by atoms with Crippen LogP contribution in [0.25, 0.3) is 22.2 Å².